The van der Waals surface area contributed by atoms with E-state index in [1.54, 1.807) is 0 Å². The van der Waals surface area contributed by atoms with Crippen LogP contribution in [0.15, 0.2) is 0 Å². The van der Waals surface area contributed by atoms with E-state index in [2.05, 4.69) is 20.7 Å². The second-order valence-corrected chi connectivity index (χ2v) is 1.74. The Morgan fingerprint density at radius 2 is 2.17 bits per heavy atom. The lowest BCUT2D eigenvalue weighted by Gasteiger charge is -2.03. The molecule has 0 aromatic rings. The largest absolute Gasteiger partial charge is 0.428 e. The van der Waals surface area contributed by atoms with Crippen molar-refractivity contribution in [3.05, 3.63) is 0 Å². The van der Waals surface area contributed by atoms with Gasteiger partial charge in [-0.05, 0) is 0 Å². The third-order valence-electron chi connectivity index (χ3n) is 0.787. The first kappa shape index (κ1) is 10.3. The molecule has 0 aromatic heterocycles. The van der Waals surface area contributed by atoms with Gasteiger partial charge >= 0.3 is 12.1 Å². The quantitative estimate of drug-likeness (QED) is 0.365. The highest BCUT2D eigenvalue weighted by atomic mass is 16.7. The molecule has 0 radical (unpaired) electrons. The maximum atomic E-state index is 10.6. The summed E-state index contributed by atoms with van der Waals surface area (Å²) in [6.45, 7) is 0.896. The Hall–Kier alpha value is -1.70. The number of hydrogen-bond acceptors (Lipinski definition) is 4. The molecule has 1 N–H and O–H groups in total. The molecular weight excluding hydrogens is 162 g/mol. The van der Waals surface area contributed by atoms with Crippen molar-refractivity contribution in [2.45, 2.75) is 6.92 Å². The fourth-order valence-electron chi connectivity index (χ4n) is 0.340. The molecule has 0 atom stereocenters. The number of carbonyl (C=O) groups is 2. The van der Waals surface area contributed by atoms with Crippen LogP contribution in [0.5, 0.6) is 0 Å². The van der Waals surface area contributed by atoms with Crippen molar-refractivity contribution >= 4 is 12.1 Å². The molecule has 0 heterocycles. The number of esters is 1. The number of hydrogen-bond donors (Lipinski definition) is 1. The van der Waals surface area contributed by atoms with Crippen LogP contribution in [0.25, 0.3) is 0 Å². The molecule has 5 nitrogen and oxygen atoms in total. The Morgan fingerprint density at radius 1 is 1.50 bits per heavy atom. The van der Waals surface area contributed by atoms with Crippen molar-refractivity contribution in [3.63, 3.8) is 0 Å². The number of rotatable bonds is 3. The molecule has 1 amide bonds. The smallest absolute Gasteiger partial charge is 0.410 e. The summed E-state index contributed by atoms with van der Waals surface area (Å²) in [5, 5.41) is 2.22. The van der Waals surface area contributed by atoms with E-state index in [-0.39, 0.29) is 6.54 Å². The van der Waals surface area contributed by atoms with E-state index in [0.29, 0.717) is 0 Å². The third kappa shape index (κ3) is 6.42. The minimum absolute atomic E-state index is 0.0822. The molecule has 5 heteroatoms. The highest BCUT2D eigenvalue weighted by molar-refractivity contribution is 5.68. The summed E-state index contributed by atoms with van der Waals surface area (Å²) in [6.07, 6.45) is 4.13. The van der Waals surface area contributed by atoms with Crippen LogP contribution in [0, 0.1) is 12.3 Å². The highest BCUT2D eigenvalue weighted by Crippen LogP contribution is 1.80. The topological polar surface area (TPSA) is 64.6 Å². The average molecular weight is 171 g/mol. The number of ether oxygens (including phenoxy) is 2. The lowest BCUT2D eigenvalue weighted by atomic mass is 10.7. The van der Waals surface area contributed by atoms with Gasteiger partial charge in [0.05, 0.1) is 6.54 Å². The van der Waals surface area contributed by atoms with E-state index in [4.69, 9.17) is 6.42 Å². The van der Waals surface area contributed by atoms with Crippen LogP contribution in [0.3, 0.4) is 0 Å². The van der Waals surface area contributed by atoms with Crippen molar-refractivity contribution in [2.75, 3.05) is 13.3 Å². The summed E-state index contributed by atoms with van der Waals surface area (Å²) in [7, 11) is 0. The highest BCUT2D eigenvalue weighted by Gasteiger charge is 1.99. The van der Waals surface area contributed by atoms with Gasteiger partial charge in [0.2, 0.25) is 6.79 Å². The number of carbonyl (C=O) groups excluding carboxylic acids is 2. The van der Waals surface area contributed by atoms with Crippen molar-refractivity contribution in [1.29, 1.82) is 0 Å². The molecule has 0 aliphatic heterocycles. The Morgan fingerprint density at radius 3 is 2.67 bits per heavy atom. The second-order valence-electron chi connectivity index (χ2n) is 1.74. The van der Waals surface area contributed by atoms with Crippen molar-refractivity contribution in [3.8, 4) is 12.3 Å². The fraction of sp³-hybridized carbons (Fsp3) is 0.429. The third-order valence-corrected chi connectivity index (χ3v) is 0.787. The van der Waals surface area contributed by atoms with Crippen LogP contribution in [-0.4, -0.2) is 25.4 Å². The Labute approximate surface area is 70.0 Å². The van der Waals surface area contributed by atoms with Crippen LogP contribution in [-0.2, 0) is 14.3 Å². The van der Waals surface area contributed by atoms with Crippen LogP contribution < -0.4 is 5.32 Å². The molecule has 0 bridgehead atoms. The normalized spacial score (nSPS) is 8.00. The Balaban J connectivity index is 3.33. The van der Waals surface area contributed by atoms with Gasteiger partial charge in [-0.2, -0.15) is 0 Å². The molecule has 0 spiro atoms. The van der Waals surface area contributed by atoms with Gasteiger partial charge in [-0.25, -0.2) is 4.79 Å². The average Bonchev–Trinajstić information content (AvgIpc) is 2.00. The van der Waals surface area contributed by atoms with Gasteiger partial charge in [0.25, 0.3) is 0 Å². The number of terminal acetylenes is 1. The Kier molecular flexibility index (Phi) is 5.18. The molecular formula is C7H9NO4. The second kappa shape index (κ2) is 6.04. The first-order valence-corrected chi connectivity index (χ1v) is 3.14. The zero-order valence-electron chi connectivity index (χ0n) is 6.62. The van der Waals surface area contributed by atoms with E-state index in [1.807, 2.05) is 0 Å². The molecule has 0 unspecified atom stereocenters. The van der Waals surface area contributed by atoms with E-state index in [0.717, 1.165) is 0 Å². The maximum Gasteiger partial charge on any atom is 0.410 e. The fourth-order valence-corrected chi connectivity index (χ4v) is 0.340. The minimum atomic E-state index is -0.714. The zero-order valence-corrected chi connectivity index (χ0v) is 6.62. The van der Waals surface area contributed by atoms with Crippen molar-refractivity contribution < 1.29 is 19.1 Å². The molecule has 0 aliphatic carbocycles. The molecule has 0 aliphatic rings. The molecule has 12 heavy (non-hydrogen) atoms. The summed E-state index contributed by atoms with van der Waals surface area (Å²) in [6, 6.07) is 0. The first-order valence-electron chi connectivity index (χ1n) is 3.14. The van der Waals surface area contributed by atoms with E-state index in [9.17, 15) is 9.59 Å². The predicted molar refractivity (Wildman–Crippen MR) is 39.9 cm³/mol. The van der Waals surface area contributed by atoms with Crippen LogP contribution in [0.4, 0.5) is 4.79 Å². The molecule has 0 rings (SSSR count). The van der Waals surface area contributed by atoms with Gasteiger partial charge < -0.3 is 14.8 Å². The first-order chi connectivity index (χ1) is 5.66. The SMILES string of the molecule is C#CCNC(=O)OCOC(C)=O. The molecule has 0 saturated heterocycles. The molecule has 66 valence electrons. The van der Waals surface area contributed by atoms with Crippen molar-refractivity contribution in [1.82, 2.24) is 5.32 Å². The summed E-state index contributed by atoms with van der Waals surface area (Å²) in [4.78, 5) is 20.7. The van der Waals surface area contributed by atoms with Crippen molar-refractivity contribution in [2.24, 2.45) is 0 Å². The van der Waals surface area contributed by atoms with E-state index in [1.165, 1.54) is 6.92 Å². The molecule has 0 fully saturated rings. The van der Waals surface area contributed by atoms with Gasteiger partial charge in [0.1, 0.15) is 0 Å². The standard InChI is InChI=1S/C7H9NO4/c1-3-4-8-7(10)12-5-11-6(2)9/h1H,4-5H2,2H3,(H,8,10). The van der Waals surface area contributed by atoms with Gasteiger partial charge in [-0.1, -0.05) is 5.92 Å². The van der Waals surface area contributed by atoms with Gasteiger partial charge in [-0.3, -0.25) is 4.79 Å². The van der Waals surface area contributed by atoms with Crippen LogP contribution in [0.1, 0.15) is 6.92 Å². The number of nitrogens with one attached hydrogen (secondary N) is 1. The minimum Gasteiger partial charge on any atom is -0.428 e. The zero-order chi connectivity index (χ0) is 9.40. The van der Waals surface area contributed by atoms with Crippen LogP contribution in [0.2, 0.25) is 0 Å². The summed E-state index contributed by atoms with van der Waals surface area (Å²) < 4.78 is 8.69. The van der Waals surface area contributed by atoms with E-state index >= 15 is 0 Å². The number of amides is 1. The van der Waals surface area contributed by atoms with Gasteiger partial charge in [-0.15, -0.1) is 6.42 Å². The summed E-state index contributed by atoms with van der Waals surface area (Å²) in [5.74, 6) is 1.66. The van der Waals surface area contributed by atoms with Gasteiger partial charge in [0, 0.05) is 6.92 Å². The summed E-state index contributed by atoms with van der Waals surface area (Å²) >= 11 is 0. The maximum absolute atomic E-state index is 10.6. The van der Waals surface area contributed by atoms with Gasteiger partial charge in [0.15, 0.2) is 0 Å². The molecule has 0 saturated carbocycles. The monoisotopic (exact) mass is 171 g/mol. The summed E-state index contributed by atoms with van der Waals surface area (Å²) in [5.41, 5.74) is 0. The predicted octanol–water partition coefficient (Wildman–Crippen LogP) is -0.134. The Bertz CT molecular complexity index is 206. The lowest BCUT2D eigenvalue weighted by Crippen LogP contribution is -2.25. The number of alkyl carbamates (subject to hydrolysis) is 1. The lowest BCUT2D eigenvalue weighted by molar-refractivity contribution is -0.149. The van der Waals surface area contributed by atoms with E-state index < -0.39 is 18.9 Å². The molecule has 0 aromatic carbocycles. The van der Waals surface area contributed by atoms with Crippen LogP contribution >= 0.6 is 0 Å².